The maximum Gasteiger partial charge on any atom is 0.254 e. The van der Waals surface area contributed by atoms with E-state index in [0.29, 0.717) is 12.1 Å². The van der Waals surface area contributed by atoms with Crippen molar-refractivity contribution in [1.29, 1.82) is 0 Å². The summed E-state index contributed by atoms with van der Waals surface area (Å²) in [5.74, 6) is 0.212. The summed E-state index contributed by atoms with van der Waals surface area (Å²) < 4.78 is 0. The van der Waals surface area contributed by atoms with Gasteiger partial charge < -0.3 is 10.0 Å². The van der Waals surface area contributed by atoms with E-state index in [9.17, 15) is 9.90 Å². The largest absolute Gasteiger partial charge is 0.508 e. The van der Waals surface area contributed by atoms with Gasteiger partial charge in [0.2, 0.25) is 0 Å². The molecule has 0 saturated carbocycles. The van der Waals surface area contributed by atoms with Crippen molar-refractivity contribution in [2.45, 2.75) is 19.4 Å². The minimum absolute atomic E-state index is 0.0294. The van der Waals surface area contributed by atoms with Gasteiger partial charge in [0.15, 0.2) is 0 Å². The van der Waals surface area contributed by atoms with Gasteiger partial charge in [-0.25, -0.2) is 0 Å². The molecule has 0 spiro atoms. The molecular weight excluding hydrogens is 250 g/mol. The summed E-state index contributed by atoms with van der Waals surface area (Å²) in [6, 6.07) is 14.8. The van der Waals surface area contributed by atoms with E-state index in [-0.39, 0.29) is 11.7 Å². The van der Waals surface area contributed by atoms with Crippen LogP contribution in [0.5, 0.6) is 5.75 Å². The smallest absolute Gasteiger partial charge is 0.254 e. The van der Waals surface area contributed by atoms with Crippen LogP contribution in [0.2, 0.25) is 0 Å². The SMILES string of the molecule is O=C(c1ccc(O)cc1)N1CCCc2ccccc2C1. The van der Waals surface area contributed by atoms with E-state index in [1.807, 2.05) is 11.0 Å². The van der Waals surface area contributed by atoms with Crippen molar-refractivity contribution in [3.8, 4) is 5.75 Å². The lowest BCUT2D eigenvalue weighted by molar-refractivity contribution is 0.0746. The first-order chi connectivity index (χ1) is 9.74. The molecule has 1 aliphatic heterocycles. The zero-order valence-corrected chi connectivity index (χ0v) is 11.2. The van der Waals surface area contributed by atoms with Crippen molar-refractivity contribution in [2.24, 2.45) is 0 Å². The molecular formula is C17H17NO2. The van der Waals surface area contributed by atoms with E-state index in [1.54, 1.807) is 24.3 Å². The fourth-order valence-corrected chi connectivity index (χ4v) is 2.66. The Morgan fingerprint density at radius 2 is 1.70 bits per heavy atom. The molecule has 0 bridgehead atoms. The van der Waals surface area contributed by atoms with E-state index in [2.05, 4.69) is 18.2 Å². The molecule has 0 radical (unpaired) electrons. The molecule has 1 heterocycles. The molecule has 0 aliphatic carbocycles. The van der Waals surface area contributed by atoms with Crippen molar-refractivity contribution >= 4 is 5.91 Å². The lowest BCUT2D eigenvalue weighted by Crippen LogP contribution is -2.30. The second-order valence-electron chi connectivity index (χ2n) is 5.15. The summed E-state index contributed by atoms with van der Waals surface area (Å²) in [5.41, 5.74) is 3.20. The maximum atomic E-state index is 12.5. The lowest BCUT2D eigenvalue weighted by atomic mass is 10.0. The number of phenols is 1. The first kappa shape index (κ1) is 12.7. The number of nitrogens with zero attached hydrogens (tertiary/aromatic N) is 1. The Labute approximate surface area is 118 Å². The van der Waals surface area contributed by atoms with E-state index < -0.39 is 0 Å². The highest BCUT2D eigenvalue weighted by Crippen LogP contribution is 2.20. The minimum atomic E-state index is 0.0294. The van der Waals surface area contributed by atoms with Crippen molar-refractivity contribution in [2.75, 3.05) is 6.54 Å². The normalized spacial score (nSPS) is 14.5. The van der Waals surface area contributed by atoms with Crippen LogP contribution in [0.15, 0.2) is 48.5 Å². The average Bonchev–Trinajstić information content (AvgIpc) is 2.69. The number of hydrogen-bond acceptors (Lipinski definition) is 2. The Hall–Kier alpha value is -2.29. The fraction of sp³-hybridized carbons (Fsp3) is 0.235. The highest BCUT2D eigenvalue weighted by atomic mass is 16.3. The zero-order chi connectivity index (χ0) is 13.9. The van der Waals surface area contributed by atoms with Crippen molar-refractivity contribution in [3.05, 3.63) is 65.2 Å². The van der Waals surface area contributed by atoms with Gasteiger partial charge in [0.05, 0.1) is 0 Å². The monoisotopic (exact) mass is 267 g/mol. The van der Waals surface area contributed by atoms with Crippen LogP contribution in [-0.2, 0) is 13.0 Å². The van der Waals surface area contributed by atoms with Gasteiger partial charge >= 0.3 is 0 Å². The number of carbonyl (C=O) groups is 1. The number of amides is 1. The van der Waals surface area contributed by atoms with Crippen LogP contribution in [0.25, 0.3) is 0 Å². The summed E-state index contributed by atoms with van der Waals surface area (Å²) in [6.07, 6.45) is 2.01. The molecule has 3 rings (SSSR count). The van der Waals surface area contributed by atoms with Crippen molar-refractivity contribution in [1.82, 2.24) is 4.90 Å². The molecule has 102 valence electrons. The van der Waals surface area contributed by atoms with Gasteiger partial charge in [0, 0.05) is 18.7 Å². The molecule has 2 aromatic rings. The first-order valence-electron chi connectivity index (χ1n) is 6.89. The van der Waals surface area contributed by atoms with Gasteiger partial charge in [-0.05, 0) is 48.2 Å². The number of benzene rings is 2. The third-order valence-corrected chi connectivity index (χ3v) is 3.76. The van der Waals surface area contributed by atoms with Crippen LogP contribution < -0.4 is 0 Å². The van der Waals surface area contributed by atoms with Gasteiger partial charge in [0.1, 0.15) is 5.75 Å². The molecule has 0 fully saturated rings. The quantitative estimate of drug-likeness (QED) is 0.863. The number of carbonyl (C=O) groups excluding carboxylic acids is 1. The standard InChI is InChI=1S/C17H17NO2/c19-16-9-7-14(8-10-16)17(20)18-11-3-6-13-4-1-2-5-15(13)12-18/h1-2,4-5,7-10,19H,3,6,11-12H2. The van der Waals surface area contributed by atoms with E-state index in [0.717, 1.165) is 19.4 Å². The van der Waals surface area contributed by atoms with Crippen molar-refractivity contribution < 1.29 is 9.90 Å². The van der Waals surface area contributed by atoms with Crippen LogP contribution in [0.1, 0.15) is 27.9 Å². The summed E-state index contributed by atoms with van der Waals surface area (Å²) in [5, 5.41) is 9.30. The van der Waals surface area contributed by atoms with Gasteiger partial charge in [-0.15, -0.1) is 0 Å². The third-order valence-electron chi connectivity index (χ3n) is 3.76. The Bertz CT molecular complexity index is 619. The molecule has 0 atom stereocenters. The second kappa shape index (κ2) is 5.37. The highest BCUT2D eigenvalue weighted by molar-refractivity contribution is 5.94. The van der Waals surface area contributed by atoms with Crippen LogP contribution >= 0.6 is 0 Å². The summed E-state index contributed by atoms with van der Waals surface area (Å²) >= 11 is 0. The molecule has 0 aromatic heterocycles. The molecule has 20 heavy (non-hydrogen) atoms. The highest BCUT2D eigenvalue weighted by Gasteiger charge is 2.19. The number of phenolic OH excluding ortho intramolecular Hbond substituents is 1. The first-order valence-corrected chi connectivity index (χ1v) is 6.89. The van der Waals surface area contributed by atoms with Crippen LogP contribution in [0.4, 0.5) is 0 Å². The van der Waals surface area contributed by atoms with Crippen LogP contribution in [0.3, 0.4) is 0 Å². The van der Waals surface area contributed by atoms with Crippen LogP contribution in [0, 0.1) is 0 Å². The molecule has 3 nitrogen and oxygen atoms in total. The van der Waals surface area contributed by atoms with E-state index in [4.69, 9.17) is 0 Å². The minimum Gasteiger partial charge on any atom is -0.508 e. The van der Waals surface area contributed by atoms with E-state index >= 15 is 0 Å². The molecule has 0 unspecified atom stereocenters. The third kappa shape index (κ3) is 2.52. The molecule has 1 N–H and O–H groups in total. The predicted molar refractivity (Wildman–Crippen MR) is 77.6 cm³/mol. The molecule has 0 saturated heterocycles. The number of aryl methyl sites for hydroxylation is 1. The summed E-state index contributed by atoms with van der Waals surface area (Å²) in [4.78, 5) is 14.4. The van der Waals surface area contributed by atoms with Gasteiger partial charge in [0.25, 0.3) is 5.91 Å². The molecule has 1 amide bonds. The number of fused-ring (bicyclic) bond motifs is 1. The Morgan fingerprint density at radius 1 is 1.00 bits per heavy atom. The molecule has 2 aromatic carbocycles. The molecule has 1 aliphatic rings. The number of rotatable bonds is 1. The maximum absolute atomic E-state index is 12.5. The van der Waals surface area contributed by atoms with Crippen LogP contribution in [-0.4, -0.2) is 22.5 Å². The molecule has 3 heteroatoms. The summed E-state index contributed by atoms with van der Waals surface area (Å²) in [7, 11) is 0. The van der Waals surface area contributed by atoms with Gasteiger partial charge in [-0.1, -0.05) is 24.3 Å². The Balaban J connectivity index is 1.84. The van der Waals surface area contributed by atoms with Gasteiger partial charge in [-0.2, -0.15) is 0 Å². The van der Waals surface area contributed by atoms with Gasteiger partial charge in [-0.3, -0.25) is 4.79 Å². The lowest BCUT2D eigenvalue weighted by Gasteiger charge is -2.21. The number of hydrogen-bond donors (Lipinski definition) is 1. The zero-order valence-electron chi connectivity index (χ0n) is 11.2. The Kier molecular flexibility index (Phi) is 3.42. The second-order valence-corrected chi connectivity index (χ2v) is 5.15. The van der Waals surface area contributed by atoms with E-state index in [1.165, 1.54) is 11.1 Å². The van der Waals surface area contributed by atoms with Crippen molar-refractivity contribution in [3.63, 3.8) is 0 Å². The summed E-state index contributed by atoms with van der Waals surface area (Å²) in [6.45, 7) is 1.43. The number of aromatic hydroxyl groups is 1. The fourth-order valence-electron chi connectivity index (χ4n) is 2.66. The Morgan fingerprint density at radius 3 is 2.45 bits per heavy atom. The predicted octanol–water partition coefficient (Wildman–Crippen LogP) is 2.98. The topological polar surface area (TPSA) is 40.5 Å². The average molecular weight is 267 g/mol.